The minimum Gasteiger partial charge on any atom is -0.492 e. The van der Waals surface area contributed by atoms with Crippen molar-refractivity contribution >= 4 is 28.8 Å². The van der Waals surface area contributed by atoms with Crippen LogP contribution in [0.25, 0.3) is 10.6 Å². The first-order valence-corrected chi connectivity index (χ1v) is 9.08. The van der Waals surface area contributed by atoms with Gasteiger partial charge in [-0.05, 0) is 30.3 Å². The summed E-state index contributed by atoms with van der Waals surface area (Å²) in [5.41, 5.74) is 0.392. The Morgan fingerprint density at radius 2 is 2.08 bits per heavy atom. The molecule has 0 N–H and O–H groups in total. The molecule has 2 aromatic carbocycles. The predicted molar refractivity (Wildman–Crippen MR) is 101 cm³/mol. The third kappa shape index (κ3) is 4.39. The SMILES string of the molecule is CN(CCOc1cccc(Cl)c1)C(=O)c1cnc(-c2ccccc2F)s1. The molecule has 0 saturated heterocycles. The van der Waals surface area contributed by atoms with Gasteiger partial charge in [-0.1, -0.05) is 29.8 Å². The number of thiazole rings is 1. The van der Waals surface area contributed by atoms with Gasteiger partial charge < -0.3 is 9.64 Å². The summed E-state index contributed by atoms with van der Waals surface area (Å²) >= 11 is 7.07. The number of ether oxygens (including phenoxy) is 1. The average Bonchev–Trinajstić information content (AvgIpc) is 3.11. The number of likely N-dealkylation sites (N-methyl/N-ethyl adjacent to an activating group) is 1. The normalized spacial score (nSPS) is 10.6. The van der Waals surface area contributed by atoms with Crippen LogP contribution in [-0.4, -0.2) is 36.0 Å². The fourth-order valence-corrected chi connectivity index (χ4v) is 3.40. The van der Waals surface area contributed by atoms with Crippen LogP contribution in [-0.2, 0) is 0 Å². The van der Waals surface area contributed by atoms with E-state index in [4.69, 9.17) is 16.3 Å². The molecule has 26 heavy (non-hydrogen) atoms. The highest BCUT2D eigenvalue weighted by molar-refractivity contribution is 7.16. The number of carbonyl (C=O) groups excluding carboxylic acids is 1. The molecule has 0 aliphatic heterocycles. The Kier molecular flexibility index (Phi) is 5.85. The van der Waals surface area contributed by atoms with E-state index in [1.54, 1.807) is 54.4 Å². The second kappa shape index (κ2) is 8.29. The number of halogens is 2. The third-order valence-corrected chi connectivity index (χ3v) is 4.91. The van der Waals surface area contributed by atoms with E-state index < -0.39 is 0 Å². The van der Waals surface area contributed by atoms with Crippen molar-refractivity contribution in [3.63, 3.8) is 0 Å². The molecule has 1 aromatic heterocycles. The number of nitrogens with zero attached hydrogens (tertiary/aromatic N) is 2. The molecule has 0 unspecified atom stereocenters. The first-order chi connectivity index (χ1) is 12.5. The fraction of sp³-hybridized carbons (Fsp3) is 0.158. The van der Waals surface area contributed by atoms with Gasteiger partial charge >= 0.3 is 0 Å². The van der Waals surface area contributed by atoms with Crippen LogP contribution in [0.2, 0.25) is 5.02 Å². The van der Waals surface area contributed by atoms with E-state index >= 15 is 0 Å². The lowest BCUT2D eigenvalue weighted by atomic mass is 10.2. The zero-order valence-corrected chi connectivity index (χ0v) is 15.6. The van der Waals surface area contributed by atoms with Gasteiger partial charge in [-0.3, -0.25) is 4.79 Å². The van der Waals surface area contributed by atoms with E-state index in [1.807, 2.05) is 0 Å². The number of rotatable bonds is 6. The molecule has 1 heterocycles. The van der Waals surface area contributed by atoms with Crippen LogP contribution in [0.1, 0.15) is 9.67 Å². The molecule has 0 spiro atoms. The van der Waals surface area contributed by atoms with Crippen LogP contribution in [0.4, 0.5) is 4.39 Å². The van der Waals surface area contributed by atoms with Gasteiger partial charge in [0.2, 0.25) is 0 Å². The summed E-state index contributed by atoms with van der Waals surface area (Å²) in [5, 5.41) is 1.08. The maximum atomic E-state index is 13.8. The lowest BCUT2D eigenvalue weighted by Crippen LogP contribution is -2.30. The van der Waals surface area contributed by atoms with Crippen LogP contribution >= 0.6 is 22.9 Å². The van der Waals surface area contributed by atoms with Gasteiger partial charge in [0.25, 0.3) is 5.91 Å². The van der Waals surface area contributed by atoms with Crippen molar-refractivity contribution in [1.82, 2.24) is 9.88 Å². The second-order valence-corrected chi connectivity index (χ2v) is 7.01. The molecule has 3 rings (SSSR count). The number of carbonyl (C=O) groups is 1. The van der Waals surface area contributed by atoms with Crippen molar-refractivity contribution < 1.29 is 13.9 Å². The summed E-state index contributed by atoms with van der Waals surface area (Å²) in [5.74, 6) is 0.113. The highest BCUT2D eigenvalue weighted by Gasteiger charge is 2.17. The second-order valence-electron chi connectivity index (χ2n) is 5.54. The number of amides is 1. The fourth-order valence-electron chi connectivity index (χ4n) is 2.28. The Morgan fingerprint density at radius 3 is 2.85 bits per heavy atom. The molecular weight excluding hydrogens is 375 g/mol. The minimum atomic E-state index is -0.357. The highest BCUT2D eigenvalue weighted by Crippen LogP contribution is 2.27. The minimum absolute atomic E-state index is 0.181. The molecule has 0 radical (unpaired) electrons. The van der Waals surface area contributed by atoms with Crippen LogP contribution in [0.15, 0.2) is 54.7 Å². The molecule has 0 saturated carbocycles. The van der Waals surface area contributed by atoms with E-state index in [9.17, 15) is 9.18 Å². The molecule has 0 fully saturated rings. The standard InChI is InChI=1S/C19H16ClFN2O2S/c1-23(9-10-25-14-6-4-5-13(20)11-14)19(24)17-12-22-18(26-17)15-7-2-3-8-16(15)21/h2-8,11-12H,9-10H2,1H3. The molecule has 0 aliphatic rings. The molecule has 0 aliphatic carbocycles. The molecule has 0 atom stereocenters. The van der Waals surface area contributed by atoms with E-state index in [-0.39, 0.29) is 11.7 Å². The zero-order valence-electron chi connectivity index (χ0n) is 14.0. The largest absolute Gasteiger partial charge is 0.492 e. The molecule has 4 nitrogen and oxygen atoms in total. The Bertz CT molecular complexity index is 916. The van der Waals surface area contributed by atoms with Crippen LogP contribution in [0.3, 0.4) is 0 Å². The summed E-state index contributed by atoms with van der Waals surface area (Å²) in [7, 11) is 1.69. The maximum absolute atomic E-state index is 13.8. The summed E-state index contributed by atoms with van der Waals surface area (Å²) in [4.78, 5) is 18.7. The third-order valence-electron chi connectivity index (χ3n) is 3.66. The van der Waals surface area contributed by atoms with Crippen molar-refractivity contribution in [2.45, 2.75) is 0 Å². The van der Waals surface area contributed by atoms with E-state index in [2.05, 4.69) is 4.98 Å². The van der Waals surface area contributed by atoms with Gasteiger partial charge in [0.1, 0.15) is 28.1 Å². The van der Waals surface area contributed by atoms with Crippen molar-refractivity contribution in [2.24, 2.45) is 0 Å². The molecule has 7 heteroatoms. The van der Waals surface area contributed by atoms with Crippen molar-refractivity contribution in [3.8, 4) is 16.3 Å². The van der Waals surface area contributed by atoms with Gasteiger partial charge in [-0.2, -0.15) is 0 Å². The summed E-state index contributed by atoms with van der Waals surface area (Å²) in [6, 6.07) is 13.5. The number of hydrogen-bond acceptors (Lipinski definition) is 4. The molecular formula is C19H16ClFN2O2S. The number of hydrogen-bond donors (Lipinski definition) is 0. The van der Waals surface area contributed by atoms with Gasteiger partial charge in [0.05, 0.1) is 12.7 Å². The lowest BCUT2D eigenvalue weighted by Gasteiger charge is -2.16. The van der Waals surface area contributed by atoms with Gasteiger partial charge in [0.15, 0.2) is 0 Å². The number of aromatic nitrogens is 1. The van der Waals surface area contributed by atoms with Crippen molar-refractivity contribution in [3.05, 3.63) is 70.4 Å². The monoisotopic (exact) mass is 390 g/mol. The van der Waals surface area contributed by atoms with E-state index in [0.717, 1.165) is 0 Å². The van der Waals surface area contributed by atoms with Gasteiger partial charge in [-0.15, -0.1) is 11.3 Å². The summed E-state index contributed by atoms with van der Waals surface area (Å²) in [6.07, 6.45) is 1.48. The van der Waals surface area contributed by atoms with Gasteiger partial charge in [0, 0.05) is 17.6 Å². The van der Waals surface area contributed by atoms with E-state index in [0.29, 0.717) is 39.4 Å². The topological polar surface area (TPSA) is 42.4 Å². The molecule has 1 amide bonds. The quantitative estimate of drug-likeness (QED) is 0.609. The smallest absolute Gasteiger partial charge is 0.265 e. The summed E-state index contributed by atoms with van der Waals surface area (Å²) < 4.78 is 19.4. The lowest BCUT2D eigenvalue weighted by molar-refractivity contribution is 0.0778. The Balaban J connectivity index is 1.59. The van der Waals surface area contributed by atoms with Crippen LogP contribution in [0, 0.1) is 5.82 Å². The Morgan fingerprint density at radius 1 is 1.27 bits per heavy atom. The predicted octanol–water partition coefficient (Wildman–Crippen LogP) is 4.75. The van der Waals surface area contributed by atoms with Crippen molar-refractivity contribution in [1.29, 1.82) is 0 Å². The number of benzene rings is 2. The maximum Gasteiger partial charge on any atom is 0.265 e. The highest BCUT2D eigenvalue weighted by atomic mass is 35.5. The Labute approximate surface area is 159 Å². The molecule has 134 valence electrons. The Hall–Kier alpha value is -2.44. The van der Waals surface area contributed by atoms with Gasteiger partial charge in [-0.25, -0.2) is 9.37 Å². The average molecular weight is 391 g/mol. The van der Waals surface area contributed by atoms with Crippen LogP contribution in [0.5, 0.6) is 5.75 Å². The first-order valence-electron chi connectivity index (χ1n) is 7.89. The van der Waals surface area contributed by atoms with Crippen LogP contribution < -0.4 is 4.74 Å². The zero-order chi connectivity index (χ0) is 18.5. The molecule has 0 bridgehead atoms. The van der Waals surface area contributed by atoms with Crippen molar-refractivity contribution in [2.75, 3.05) is 20.2 Å². The first kappa shape index (κ1) is 18.4. The summed E-state index contributed by atoms with van der Waals surface area (Å²) in [6.45, 7) is 0.736. The van der Waals surface area contributed by atoms with E-state index in [1.165, 1.54) is 23.6 Å². The molecule has 3 aromatic rings.